The van der Waals surface area contributed by atoms with Crippen molar-refractivity contribution in [2.45, 2.75) is 0 Å². The number of hydrogen-bond donors (Lipinski definition) is 4. The molecular formula is H4KMnNaO12PS. The summed E-state index contributed by atoms with van der Waals surface area (Å²) in [6, 6.07) is 0. The Morgan fingerprint density at radius 1 is 1.06 bits per heavy atom. The van der Waals surface area contributed by atoms with E-state index in [0.717, 1.165) is 0 Å². The Morgan fingerprint density at radius 2 is 1.06 bits per heavy atom. The molecule has 0 rings (SSSR count). The molecule has 0 aromatic rings. The summed E-state index contributed by atoms with van der Waals surface area (Å²) in [5.41, 5.74) is 0. The fraction of sp³-hybridized carbons (Fsp3) is 0. The van der Waals surface area contributed by atoms with Gasteiger partial charge in [0.15, 0.2) is 0 Å². The molecule has 0 heterocycles. The zero-order valence-electron chi connectivity index (χ0n) is 8.29. The van der Waals surface area contributed by atoms with Gasteiger partial charge < -0.3 is 19.2 Å². The van der Waals surface area contributed by atoms with Crippen molar-refractivity contribution in [3.63, 3.8) is 0 Å². The van der Waals surface area contributed by atoms with Gasteiger partial charge >= 0.3 is 120 Å². The van der Waals surface area contributed by atoms with Crippen LogP contribution in [0.5, 0.6) is 0 Å². The molecule has 0 saturated carbocycles. The quantitative estimate of drug-likeness (QED) is 0.175. The molecule has 0 spiro atoms. The first kappa shape index (κ1) is 31.7. The summed E-state index contributed by atoms with van der Waals surface area (Å²) in [5, 5.41) is 0. The predicted octanol–water partition coefficient (Wildman–Crippen LogP) is -9.75. The maximum atomic E-state index is 8.74. The molecule has 0 aliphatic heterocycles. The molecule has 17 heavy (non-hydrogen) atoms. The van der Waals surface area contributed by atoms with Crippen LogP contribution in [0.2, 0.25) is 0 Å². The molecule has 0 amide bonds. The van der Waals surface area contributed by atoms with E-state index in [2.05, 4.69) is 0 Å². The molecule has 0 aromatic carbocycles. The van der Waals surface area contributed by atoms with Crippen LogP contribution in [-0.2, 0) is 39.4 Å². The van der Waals surface area contributed by atoms with Gasteiger partial charge in [0.05, 0.1) is 7.82 Å². The summed E-state index contributed by atoms with van der Waals surface area (Å²) in [5.74, 6) is 0. The average molecular weight is 376 g/mol. The van der Waals surface area contributed by atoms with Crippen LogP contribution in [0.3, 0.4) is 0 Å². The van der Waals surface area contributed by atoms with Crippen LogP contribution in [-0.4, -0.2) is 26.6 Å². The minimum absolute atomic E-state index is 0. The maximum absolute atomic E-state index is 8.74. The third-order valence-corrected chi connectivity index (χ3v) is 0. The van der Waals surface area contributed by atoms with E-state index < -0.39 is 31.2 Å². The molecule has 96 valence electrons. The molecular weight excluding hydrogens is 372 g/mol. The molecule has 0 bridgehead atoms. The van der Waals surface area contributed by atoms with Gasteiger partial charge in [-0.25, -0.2) is 0 Å². The van der Waals surface area contributed by atoms with Crippen LogP contribution in [0.25, 0.3) is 0 Å². The summed E-state index contributed by atoms with van der Waals surface area (Å²) in [4.78, 5) is 24.3. The van der Waals surface area contributed by atoms with Crippen molar-refractivity contribution in [3.05, 3.63) is 0 Å². The number of hydrogen-bond acceptors (Lipinski definition) is 8. The zero-order valence-corrected chi connectivity index (χ0v) is 16.3. The van der Waals surface area contributed by atoms with E-state index >= 15 is 0 Å². The van der Waals surface area contributed by atoms with E-state index in [4.69, 9.17) is 52.5 Å². The summed E-state index contributed by atoms with van der Waals surface area (Å²) in [6.07, 6.45) is 0. The van der Waals surface area contributed by atoms with Gasteiger partial charge in [-0.05, 0) is 0 Å². The Kier molecular flexibility index (Phi) is 25.2. The topological polar surface area (TPSA) is 229 Å². The molecule has 12 nitrogen and oxygen atoms in total. The second kappa shape index (κ2) is 13.5. The average Bonchev–Trinajstić information content (AvgIpc) is 1.41. The summed E-state index contributed by atoms with van der Waals surface area (Å²) >= 11 is -5.38. The monoisotopic (exact) mass is 376 g/mol. The fourth-order valence-electron chi connectivity index (χ4n) is 0. The Bertz CT molecular complexity index is 417. The van der Waals surface area contributed by atoms with Crippen LogP contribution in [0.1, 0.15) is 0 Å². The van der Waals surface area contributed by atoms with E-state index in [0.29, 0.717) is 0 Å². The second-order valence-corrected chi connectivity index (χ2v) is 4.38. The summed E-state index contributed by atoms with van der Waals surface area (Å²) < 4.78 is 73.3. The van der Waals surface area contributed by atoms with Crippen LogP contribution in [0, 0.1) is 0 Å². The standard InChI is InChI=1S/K.Mn.Na.H3O4P.H2O4S.H2O.3O/c;;;2*1-5(2,3)4;;;;/h;;;(H3,1,2,3,4);(H2,1,2,3,4);1H2;;;/q3*+1;;;;;;/p-3. The van der Waals surface area contributed by atoms with E-state index in [1.165, 1.54) is 0 Å². The Hall–Kier alpha value is 2.50. The summed E-state index contributed by atoms with van der Waals surface area (Å²) in [7, 11) is -9.81. The summed E-state index contributed by atoms with van der Waals surface area (Å²) in [6.45, 7) is 0. The van der Waals surface area contributed by atoms with Crippen LogP contribution in [0.15, 0.2) is 0 Å². The van der Waals surface area contributed by atoms with Crippen LogP contribution >= 0.6 is 7.82 Å². The van der Waals surface area contributed by atoms with E-state index in [1.54, 1.807) is 0 Å². The van der Waals surface area contributed by atoms with Crippen molar-refractivity contribution >= 4 is 18.2 Å². The Morgan fingerprint density at radius 3 is 1.06 bits per heavy atom. The van der Waals surface area contributed by atoms with Crippen molar-refractivity contribution in [1.82, 2.24) is 0 Å². The van der Waals surface area contributed by atoms with Gasteiger partial charge in [-0.2, -0.15) is 8.42 Å². The van der Waals surface area contributed by atoms with E-state index in [1.807, 2.05) is 0 Å². The van der Waals surface area contributed by atoms with E-state index in [-0.39, 0.29) is 80.9 Å². The molecule has 0 aliphatic rings. The molecule has 0 aliphatic carbocycles. The first-order valence-electron chi connectivity index (χ1n) is 2.08. The second-order valence-electron chi connectivity index (χ2n) is 1.31. The van der Waals surface area contributed by atoms with Gasteiger partial charge in [0.1, 0.15) is 0 Å². The van der Waals surface area contributed by atoms with Gasteiger partial charge in [0, 0.05) is 0 Å². The fourth-order valence-corrected chi connectivity index (χ4v) is 0. The first-order valence-corrected chi connectivity index (χ1v) is 6.94. The molecule has 0 fully saturated rings. The number of phosphoric acid groups is 1. The Balaban J connectivity index is -0.0000000400. The van der Waals surface area contributed by atoms with Crippen LogP contribution in [0.4, 0.5) is 0 Å². The van der Waals surface area contributed by atoms with Gasteiger partial charge in [-0.3, -0.25) is 9.11 Å². The number of rotatable bonds is 0. The van der Waals surface area contributed by atoms with Crippen molar-refractivity contribution in [2.24, 2.45) is 0 Å². The van der Waals surface area contributed by atoms with Crippen molar-refractivity contribution in [1.29, 1.82) is 0 Å². The van der Waals surface area contributed by atoms with Crippen molar-refractivity contribution < 1.29 is 146 Å². The molecule has 0 atom stereocenters. The van der Waals surface area contributed by atoms with E-state index in [9.17, 15) is 0 Å². The molecule has 0 radical (unpaired) electrons. The van der Waals surface area contributed by atoms with Crippen molar-refractivity contribution in [3.8, 4) is 0 Å². The third kappa shape index (κ3) is 808. The minimum atomic E-state index is -5.38. The molecule has 17 heteroatoms. The first-order chi connectivity index (χ1) is 6.00. The molecule has 0 aromatic heterocycles. The molecule has 0 unspecified atom stereocenters. The SMILES string of the molecule is O=P([O-])([O-])O.O=S(=O)(O)O.[K+].[Na+].[O]=[Mn](=[O])(=[O])[OH]. The van der Waals surface area contributed by atoms with Gasteiger partial charge in [-0.1, -0.05) is 0 Å². The van der Waals surface area contributed by atoms with Gasteiger partial charge in [0.2, 0.25) is 0 Å². The van der Waals surface area contributed by atoms with Crippen LogP contribution < -0.4 is 90.7 Å². The Labute approximate surface area is 161 Å². The predicted molar refractivity (Wildman–Crippen MR) is 28.3 cm³/mol. The van der Waals surface area contributed by atoms with Gasteiger partial charge in [-0.15, -0.1) is 0 Å². The molecule has 4 N–H and O–H groups in total. The van der Waals surface area contributed by atoms with Crippen molar-refractivity contribution in [2.75, 3.05) is 0 Å². The van der Waals surface area contributed by atoms with Gasteiger partial charge in [0.25, 0.3) is 0 Å². The zero-order chi connectivity index (χ0) is 13.5. The third-order valence-electron chi connectivity index (χ3n) is 0. The normalized spacial score (nSPS) is 10.2. The molecule has 0 saturated heterocycles.